The molecule has 0 aromatic heterocycles. The van der Waals surface area contributed by atoms with Crippen molar-refractivity contribution in [3.05, 3.63) is 70.7 Å². The van der Waals surface area contributed by atoms with Crippen molar-refractivity contribution in [1.29, 1.82) is 4.78 Å². The van der Waals surface area contributed by atoms with Gasteiger partial charge >= 0.3 is 6.36 Å². The monoisotopic (exact) mass is 589 g/mol. The fourth-order valence-electron chi connectivity index (χ4n) is 4.37. The second-order valence-corrected chi connectivity index (χ2v) is 11.3. The standard InChI is InChI=1S/C24H20Cl2F3N3O5S/c25-13-1-7-18-21(9-13)36-22-10-14(26)2-8-19(22)32(18)20-12-35-11-17(23(20)33)31-38(30,34)16-5-3-15(4-6-16)37-24(27,28)29/h1-10,17,20,23,33H,11-12H2,(H2,30,31,34). The fourth-order valence-corrected chi connectivity index (χ4v) is 5.98. The number of aliphatic hydroxyl groups is 1. The van der Waals surface area contributed by atoms with E-state index in [0.29, 0.717) is 32.9 Å². The quantitative estimate of drug-likeness (QED) is 0.343. The molecule has 0 amide bonds. The molecule has 1 saturated heterocycles. The van der Waals surface area contributed by atoms with Crippen molar-refractivity contribution in [3.8, 4) is 17.2 Å². The normalized spacial score (nSPS) is 22.6. The van der Waals surface area contributed by atoms with E-state index in [9.17, 15) is 22.5 Å². The van der Waals surface area contributed by atoms with Crippen LogP contribution in [0.15, 0.2) is 65.6 Å². The first-order chi connectivity index (χ1) is 17.9. The largest absolute Gasteiger partial charge is 0.573 e. The van der Waals surface area contributed by atoms with E-state index in [0.717, 1.165) is 24.3 Å². The van der Waals surface area contributed by atoms with Crippen LogP contribution in [-0.2, 0) is 14.7 Å². The molecule has 0 saturated carbocycles. The third-order valence-electron chi connectivity index (χ3n) is 6.01. The fraction of sp³-hybridized carbons (Fsp3) is 0.250. The van der Waals surface area contributed by atoms with Gasteiger partial charge in [0.15, 0.2) is 11.5 Å². The van der Waals surface area contributed by atoms with Gasteiger partial charge in [-0.05, 0) is 48.5 Å². The van der Waals surface area contributed by atoms with Gasteiger partial charge < -0.3 is 24.2 Å². The maximum Gasteiger partial charge on any atom is 0.573 e. The highest BCUT2D eigenvalue weighted by molar-refractivity contribution is 7.90. The van der Waals surface area contributed by atoms with Gasteiger partial charge in [0.25, 0.3) is 0 Å². The molecule has 3 aromatic carbocycles. The number of halogens is 5. The second-order valence-electron chi connectivity index (χ2n) is 8.59. The summed E-state index contributed by atoms with van der Waals surface area (Å²) in [6.07, 6.45) is -6.07. The summed E-state index contributed by atoms with van der Waals surface area (Å²) in [5.74, 6) is 0.349. The summed E-state index contributed by atoms with van der Waals surface area (Å²) >= 11 is 12.3. The Morgan fingerprint density at radius 1 is 1.00 bits per heavy atom. The van der Waals surface area contributed by atoms with E-state index < -0.39 is 40.2 Å². The topological polar surface area (TPSA) is 104 Å². The minimum atomic E-state index is -4.88. The summed E-state index contributed by atoms with van der Waals surface area (Å²) in [5, 5.41) is 12.3. The average Bonchev–Trinajstić information content (AvgIpc) is 2.83. The van der Waals surface area contributed by atoms with Crippen LogP contribution in [0.4, 0.5) is 24.5 Å². The van der Waals surface area contributed by atoms with Crippen LogP contribution in [0.25, 0.3) is 0 Å². The second kappa shape index (κ2) is 10.1. The van der Waals surface area contributed by atoms with Gasteiger partial charge in [0.1, 0.15) is 15.7 Å². The van der Waals surface area contributed by atoms with Crippen molar-refractivity contribution in [2.75, 3.05) is 18.1 Å². The van der Waals surface area contributed by atoms with Crippen LogP contribution in [-0.4, -0.2) is 47.1 Å². The van der Waals surface area contributed by atoms with Crippen LogP contribution >= 0.6 is 23.2 Å². The first-order valence-electron chi connectivity index (χ1n) is 11.2. The molecule has 202 valence electrons. The van der Waals surface area contributed by atoms with Crippen LogP contribution in [0.3, 0.4) is 0 Å². The predicted octanol–water partition coefficient (Wildman–Crippen LogP) is 5.87. The summed E-state index contributed by atoms with van der Waals surface area (Å²) in [6, 6.07) is 12.5. The maximum absolute atomic E-state index is 13.2. The molecule has 0 spiro atoms. The Morgan fingerprint density at radius 3 is 2.13 bits per heavy atom. The van der Waals surface area contributed by atoms with E-state index in [2.05, 4.69) is 9.46 Å². The molecule has 4 unspecified atom stereocenters. The van der Waals surface area contributed by atoms with Crippen molar-refractivity contribution in [2.24, 2.45) is 0 Å². The van der Waals surface area contributed by atoms with Crippen LogP contribution in [0.1, 0.15) is 0 Å². The lowest BCUT2D eigenvalue weighted by molar-refractivity contribution is -0.274. The molecular weight excluding hydrogens is 570 g/mol. The van der Waals surface area contributed by atoms with Gasteiger partial charge in [-0.3, -0.25) is 0 Å². The van der Waals surface area contributed by atoms with Gasteiger partial charge in [0.05, 0.1) is 47.7 Å². The number of ether oxygens (including phenoxy) is 3. The minimum Gasteiger partial charge on any atom is -0.453 e. The third kappa shape index (κ3) is 5.51. The molecule has 2 aliphatic rings. The Morgan fingerprint density at radius 2 is 1.58 bits per heavy atom. The SMILES string of the molecule is N=S(=O)(NC1COCC(N2c3ccc(Cl)cc3Oc3cc(Cl)ccc32)C1O)c1ccc(OC(F)(F)F)cc1. The molecule has 14 heteroatoms. The molecule has 2 aliphatic heterocycles. The zero-order chi connectivity index (χ0) is 27.2. The lowest BCUT2D eigenvalue weighted by Gasteiger charge is -2.44. The molecule has 8 nitrogen and oxygen atoms in total. The number of nitrogens with one attached hydrogen (secondary N) is 2. The molecule has 5 rings (SSSR count). The van der Waals surface area contributed by atoms with Gasteiger partial charge in [0.2, 0.25) is 0 Å². The number of nitrogens with zero attached hydrogens (tertiary/aromatic N) is 1. The van der Waals surface area contributed by atoms with Crippen molar-refractivity contribution in [3.63, 3.8) is 0 Å². The zero-order valence-corrected chi connectivity index (χ0v) is 21.6. The van der Waals surface area contributed by atoms with Crippen LogP contribution < -0.4 is 19.1 Å². The van der Waals surface area contributed by atoms with E-state index in [1.54, 1.807) is 36.4 Å². The van der Waals surface area contributed by atoms with Crippen molar-refractivity contribution >= 4 is 44.5 Å². The summed E-state index contributed by atoms with van der Waals surface area (Å²) in [4.78, 5) is 1.72. The van der Waals surface area contributed by atoms with Gasteiger partial charge in [-0.1, -0.05) is 23.2 Å². The lowest BCUT2D eigenvalue weighted by Crippen LogP contribution is -2.60. The number of benzene rings is 3. The van der Waals surface area contributed by atoms with E-state index in [1.165, 1.54) is 0 Å². The molecule has 0 bridgehead atoms. The van der Waals surface area contributed by atoms with Crippen LogP contribution in [0.2, 0.25) is 10.0 Å². The zero-order valence-electron chi connectivity index (χ0n) is 19.2. The van der Waals surface area contributed by atoms with E-state index in [1.807, 2.05) is 4.90 Å². The first kappa shape index (κ1) is 26.9. The molecule has 0 aliphatic carbocycles. The van der Waals surface area contributed by atoms with Crippen molar-refractivity contribution in [2.45, 2.75) is 29.4 Å². The number of alkyl halides is 3. The number of fused-ring (bicyclic) bond motifs is 2. The first-order valence-corrected chi connectivity index (χ1v) is 13.5. The molecular formula is C24H20Cl2F3N3O5S. The maximum atomic E-state index is 13.2. The number of anilines is 2. The Hall–Kier alpha value is -2.74. The highest BCUT2D eigenvalue weighted by Gasteiger charge is 2.41. The molecule has 4 atom stereocenters. The van der Waals surface area contributed by atoms with Gasteiger partial charge in [-0.25, -0.2) is 13.7 Å². The van der Waals surface area contributed by atoms with Crippen molar-refractivity contribution in [1.82, 2.24) is 4.72 Å². The number of hydrogen-bond donors (Lipinski definition) is 3. The Bertz CT molecular complexity index is 1410. The van der Waals surface area contributed by atoms with E-state index >= 15 is 0 Å². The highest BCUT2D eigenvalue weighted by Crippen LogP contribution is 2.50. The van der Waals surface area contributed by atoms with Crippen molar-refractivity contribution < 1.29 is 36.7 Å². The summed E-state index contributed by atoms with van der Waals surface area (Å²) in [7, 11) is -3.74. The number of aliphatic hydroxyl groups excluding tert-OH is 1. The van der Waals surface area contributed by atoms with Gasteiger partial charge in [0, 0.05) is 22.2 Å². The Balaban J connectivity index is 1.42. The highest BCUT2D eigenvalue weighted by atomic mass is 35.5. The minimum absolute atomic E-state index is 0.0614. The molecule has 38 heavy (non-hydrogen) atoms. The molecule has 3 aromatic rings. The van der Waals surface area contributed by atoms with Gasteiger partial charge in [-0.2, -0.15) is 0 Å². The van der Waals surface area contributed by atoms with Gasteiger partial charge in [-0.15, -0.1) is 13.2 Å². The Kier molecular flexibility index (Phi) is 7.14. The predicted molar refractivity (Wildman–Crippen MR) is 135 cm³/mol. The summed E-state index contributed by atoms with van der Waals surface area (Å²) in [6.45, 7) is 0.0280. The Labute approximate surface area is 225 Å². The average molecular weight is 590 g/mol. The van der Waals surface area contributed by atoms with E-state index in [-0.39, 0.29) is 18.1 Å². The third-order valence-corrected chi connectivity index (χ3v) is 8.05. The number of rotatable bonds is 5. The molecule has 2 heterocycles. The summed E-state index contributed by atoms with van der Waals surface area (Å²) < 4.78 is 77.1. The van der Waals surface area contributed by atoms with Crippen LogP contribution in [0.5, 0.6) is 17.2 Å². The molecule has 0 radical (unpaired) electrons. The molecule has 1 fully saturated rings. The lowest BCUT2D eigenvalue weighted by atomic mass is 9.98. The molecule has 3 N–H and O–H groups in total. The van der Waals surface area contributed by atoms with E-state index in [4.69, 9.17) is 37.5 Å². The number of hydrogen-bond acceptors (Lipinski definition) is 7. The van der Waals surface area contributed by atoms with Crippen LogP contribution in [0, 0.1) is 4.78 Å². The summed E-state index contributed by atoms with van der Waals surface area (Å²) in [5.41, 5.74) is 1.20. The smallest absolute Gasteiger partial charge is 0.453 e.